The van der Waals surface area contributed by atoms with E-state index in [-0.39, 0.29) is 11.8 Å². The zero-order valence-electron chi connectivity index (χ0n) is 16.0. The second-order valence-electron chi connectivity index (χ2n) is 6.95. The van der Waals surface area contributed by atoms with Crippen molar-refractivity contribution in [3.8, 4) is 16.8 Å². The van der Waals surface area contributed by atoms with E-state index in [4.69, 9.17) is 5.73 Å². The van der Waals surface area contributed by atoms with Crippen LogP contribution in [0.3, 0.4) is 0 Å². The number of nitrogen functional groups attached to an aromatic ring is 1. The van der Waals surface area contributed by atoms with Gasteiger partial charge in [0.15, 0.2) is 5.82 Å². The Morgan fingerprint density at radius 1 is 1.28 bits per heavy atom. The van der Waals surface area contributed by atoms with Crippen LogP contribution in [0.15, 0.2) is 55.3 Å². The normalized spacial score (nSPS) is 12.8. The number of aryl methyl sites for hydroxylation is 1. The lowest BCUT2D eigenvalue weighted by atomic mass is 9.96. The Morgan fingerprint density at radius 3 is 2.90 bits per heavy atom. The first-order chi connectivity index (χ1) is 14.0. The molecule has 0 saturated carbocycles. The van der Waals surface area contributed by atoms with Crippen molar-refractivity contribution < 1.29 is 9.59 Å². The topological polar surface area (TPSA) is 102 Å². The summed E-state index contributed by atoms with van der Waals surface area (Å²) in [5, 5.41) is 10.1. The lowest BCUT2D eigenvalue weighted by molar-refractivity contribution is -0.111. The first-order valence-corrected chi connectivity index (χ1v) is 9.27. The SMILES string of the molecule is C=CC(=O)Nc1ccc(C)c(-n2cc(-c3ccc4c(c3)CCNC4=O)c(N)n2)c1. The second-order valence-corrected chi connectivity index (χ2v) is 6.95. The van der Waals surface area contributed by atoms with Crippen LogP contribution in [0.4, 0.5) is 11.5 Å². The lowest BCUT2D eigenvalue weighted by Crippen LogP contribution is -2.31. The fraction of sp³-hybridized carbons (Fsp3) is 0.136. The third-order valence-electron chi connectivity index (χ3n) is 4.99. The molecule has 2 heterocycles. The molecule has 29 heavy (non-hydrogen) atoms. The number of aromatic nitrogens is 2. The van der Waals surface area contributed by atoms with Gasteiger partial charge in [0.25, 0.3) is 5.91 Å². The van der Waals surface area contributed by atoms with E-state index in [9.17, 15) is 9.59 Å². The number of amides is 2. The van der Waals surface area contributed by atoms with Gasteiger partial charge in [0, 0.05) is 29.6 Å². The third kappa shape index (κ3) is 3.50. The van der Waals surface area contributed by atoms with Crippen LogP contribution in [0.25, 0.3) is 16.8 Å². The van der Waals surface area contributed by atoms with Gasteiger partial charge >= 0.3 is 0 Å². The van der Waals surface area contributed by atoms with Gasteiger partial charge in [-0.25, -0.2) is 4.68 Å². The first kappa shape index (κ1) is 18.5. The summed E-state index contributed by atoms with van der Waals surface area (Å²) in [5.74, 6) is 0.0687. The van der Waals surface area contributed by atoms with E-state index in [1.807, 2.05) is 49.5 Å². The largest absolute Gasteiger partial charge is 0.382 e. The number of hydrogen-bond acceptors (Lipinski definition) is 4. The third-order valence-corrected chi connectivity index (χ3v) is 4.99. The summed E-state index contributed by atoms with van der Waals surface area (Å²) in [5.41, 5.74) is 12.1. The van der Waals surface area contributed by atoms with Crippen molar-refractivity contribution in [3.63, 3.8) is 0 Å². The Labute approximate surface area is 168 Å². The summed E-state index contributed by atoms with van der Waals surface area (Å²) in [6.45, 7) is 6.06. The van der Waals surface area contributed by atoms with Gasteiger partial charge in [-0.1, -0.05) is 24.8 Å². The number of hydrogen-bond donors (Lipinski definition) is 3. The summed E-state index contributed by atoms with van der Waals surface area (Å²) in [6, 6.07) is 11.3. The van der Waals surface area contributed by atoms with Gasteiger partial charge < -0.3 is 16.4 Å². The molecule has 0 saturated heterocycles. The number of nitrogens with zero attached hydrogens (tertiary/aromatic N) is 2. The number of carbonyl (C=O) groups is 2. The maximum atomic E-state index is 12.0. The first-order valence-electron chi connectivity index (χ1n) is 9.27. The molecule has 0 atom stereocenters. The van der Waals surface area contributed by atoms with E-state index in [1.165, 1.54) is 6.08 Å². The fourth-order valence-corrected chi connectivity index (χ4v) is 3.46. The van der Waals surface area contributed by atoms with Crippen molar-refractivity contribution in [2.45, 2.75) is 13.3 Å². The van der Waals surface area contributed by atoms with E-state index in [1.54, 1.807) is 4.68 Å². The molecule has 3 aromatic rings. The van der Waals surface area contributed by atoms with E-state index in [2.05, 4.69) is 22.3 Å². The summed E-state index contributed by atoms with van der Waals surface area (Å²) >= 11 is 0. The zero-order valence-corrected chi connectivity index (χ0v) is 16.0. The molecule has 0 aliphatic carbocycles. The average Bonchev–Trinajstić information content (AvgIpc) is 3.10. The molecule has 0 radical (unpaired) electrons. The number of fused-ring (bicyclic) bond motifs is 1. The van der Waals surface area contributed by atoms with Gasteiger partial charge in [-0.15, -0.1) is 0 Å². The number of nitrogens with one attached hydrogen (secondary N) is 2. The molecule has 146 valence electrons. The van der Waals surface area contributed by atoms with E-state index < -0.39 is 0 Å². The van der Waals surface area contributed by atoms with Crippen LogP contribution in [0.2, 0.25) is 0 Å². The predicted molar refractivity (Wildman–Crippen MR) is 113 cm³/mol. The molecule has 0 fully saturated rings. The zero-order chi connectivity index (χ0) is 20.5. The molecule has 1 aliphatic heterocycles. The van der Waals surface area contributed by atoms with Gasteiger partial charge in [-0.2, -0.15) is 5.10 Å². The van der Waals surface area contributed by atoms with Crippen LogP contribution in [0.5, 0.6) is 0 Å². The molecular weight excluding hydrogens is 366 g/mol. The number of nitrogens with two attached hydrogens (primary N) is 1. The maximum Gasteiger partial charge on any atom is 0.251 e. The van der Waals surface area contributed by atoms with Crippen LogP contribution in [0.1, 0.15) is 21.5 Å². The van der Waals surface area contributed by atoms with Crippen LogP contribution in [0, 0.1) is 6.92 Å². The van der Waals surface area contributed by atoms with E-state index in [0.29, 0.717) is 23.6 Å². The van der Waals surface area contributed by atoms with Gasteiger partial charge in [-0.05, 0) is 54.3 Å². The fourth-order valence-electron chi connectivity index (χ4n) is 3.46. The molecule has 7 heteroatoms. The van der Waals surface area contributed by atoms with Crippen LogP contribution >= 0.6 is 0 Å². The van der Waals surface area contributed by atoms with Crippen LogP contribution in [-0.2, 0) is 11.2 Å². The molecule has 0 spiro atoms. The van der Waals surface area contributed by atoms with Crippen LogP contribution in [-0.4, -0.2) is 28.1 Å². The highest BCUT2D eigenvalue weighted by Gasteiger charge is 2.18. The van der Waals surface area contributed by atoms with Crippen molar-refractivity contribution >= 4 is 23.3 Å². The Kier molecular flexibility index (Phi) is 4.64. The summed E-state index contributed by atoms with van der Waals surface area (Å²) in [4.78, 5) is 23.6. The molecule has 7 nitrogen and oxygen atoms in total. The lowest BCUT2D eigenvalue weighted by Gasteiger charge is -2.17. The number of carbonyl (C=O) groups excluding carboxylic acids is 2. The van der Waals surface area contributed by atoms with Crippen molar-refractivity contribution in [2.24, 2.45) is 0 Å². The Morgan fingerprint density at radius 2 is 2.10 bits per heavy atom. The van der Waals surface area contributed by atoms with E-state index >= 15 is 0 Å². The van der Waals surface area contributed by atoms with Gasteiger partial charge in [-0.3, -0.25) is 9.59 Å². The minimum Gasteiger partial charge on any atom is -0.382 e. The molecule has 4 rings (SSSR count). The quantitative estimate of drug-likeness (QED) is 0.599. The smallest absolute Gasteiger partial charge is 0.251 e. The molecular formula is C22H21N5O2. The Bertz CT molecular complexity index is 1150. The van der Waals surface area contributed by atoms with Gasteiger partial charge in [0.2, 0.25) is 5.91 Å². The molecule has 2 aromatic carbocycles. The number of benzene rings is 2. The molecule has 4 N–H and O–H groups in total. The molecule has 1 aromatic heterocycles. The van der Waals surface area contributed by atoms with Gasteiger partial charge in [0.1, 0.15) is 0 Å². The molecule has 2 amide bonds. The number of rotatable bonds is 4. The average molecular weight is 387 g/mol. The van der Waals surface area contributed by atoms with E-state index in [0.717, 1.165) is 34.4 Å². The predicted octanol–water partition coefficient (Wildman–Crippen LogP) is 2.84. The highest BCUT2D eigenvalue weighted by molar-refractivity contribution is 5.99. The highest BCUT2D eigenvalue weighted by Crippen LogP contribution is 2.30. The van der Waals surface area contributed by atoms with Gasteiger partial charge in [0.05, 0.1) is 5.69 Å². The number of anilines is 2. The maximum absolute atomic E-state index is 12.0. The summed E-state index contributed by atoms with van der Waals surface area (Å²) < 4.78 is 1.70. The summed E-state index contributed by atoms with van der Waals surface area (Å²) in [6.07, 6.45) is 3.87. The monoisotopic (exact) mass is 387 g/mol. The Hall–Kier alpha value is -3.87. The highest BCUT2D eigenvalue weighted by atomic mass is 16.2. The minimum absolute atomic E-state index is 0.0459. The molecule has 1 aliphatic rings. The standard InChI is InChI=1S/C22H21N5O2/c1-3-20(28)25-16-6-4-13(2)19(11-16)27-12-18(21(23)26-27)14-5-7-17-15(10-14)8-9-24-22(17)29/h3-7,10-12H,1,8-9H2,2H3,(H2,23,26)(H,24,29)(H,25,28). The van der Waals surface area contributed by atoms with Crippen molar-refractivity contribution in [1.82, 2.24) is 15.1 Å². The Balaban J connectivity index is 1.72. The second kappa shape index (κ2) is 7.27. The summed E-state index contributed by atoms with van der Waals surface area (Å²) in [7, 11) is 0. The molecule has 0 unspecified atom stereocenters. The van der Waals surface area contributed by atoms with Crippen molar-refractivity contribution in [3.05, 3.63) is 71.9 Å². The molecule has 0 bridgehead atoms. The van der Waals surface area contributed by atoms with Crippen LogP contribution < -0.4 is 16.4 Å². The minimum atomic E-state index is -0.279. The van der Waals surface area contributed by atoms with Crippen molar-refractivity contribution in [1.29, 1.82) is 0 Å². The van der Waals surface area contributed by atoms with Crippen molar-refractivity contribution in [2.75, 3.05) is 17.6 Å².